The summed E-state index contributed by atoms with van der Waals surface area (Å²) in [5, 5.41) is 3.45. The van der Waals surface area contributed by atoms with Crippen molar-refractivity contribution in [2.24, 2.45) is 5.92 Å². The van der Waals surface area contributed by atoms with Crippen LogP contribution in [0.3, 0.4) is 0 Å². The molecule has 2 nitrogen and oxygen atoms in total. The van der Waals surface area contributed by atoms with Crippen molar-refractivity contribution in [1.29, 1.82) is 0 Å². The monoisotopic (exact) mass is 232 g/mol. The van der Waals surface area contributed by atoms with Crippen molar-refractivity contribution in [3.8, 4) is 0 Å². The van der Waals surface area contributed by atoms with Gasteiger partial charge in [-0.15, -0.1) is 0 Å². The van der Waals surface area contributed by atoms with Crippen LogP contribution in [0.5, 0.6) is 0 Å². The maximum absolute atomic E-state index is 4.40. The third-order valence-electron chi connectivity index (χ3n) is 3.98. The zero-order valence-electron chi connectivity index (χ0n) is 11.1. The number of rotatable bonds is 4. The molecule has 1 N–H and O–H groups in total. The second-order valence-electron chi connectivity index (χ2n) is 5.31. The summed E-state index contributed by atoms with van der Waals surface area (Å²) in [5.74, 6) is 0.905. The van der Waals surface area contributed by atoms with Gasteiger partial charge in [0.1, 0.15) is 0 Å². The first-order valence-electron chi connectivity index (χ1n) is 6.89. The lowest BCUT2D eigenvalue weighted by molar-refractivity contribution is 0.305. The molecule has 2 heteroatoms. The number of hydrogen-bond acceptors (Lipinski definition) is 2. The lowest BCUT2D eigenvalue weighted by Gasteiger charge is -2.26. The van der Waals surface area contributed by atoms with Gasteiger partial charge < -0.3 is 5.32 Å². The van der Waals surface area contributed by atoms with E-state index < -0.39 is 0 Å². The van der Waals surface area contributed by atoms with E-state index in [0.717, 1.165) is 11.6 Å². The Labute approximate surface area is 105 Å². The van der Waals surface area contributed by atoms with E-state index in [9.17, 15) is 0 Å². The summed E-state index contributed by atoms with van der Waals surface area (Å²) in [7, 11) is 2.06. The molecule has 17 heavy (non-hydrogen) atoms. The molecule has 0 spiro atoms. The van der Waals surface area contributed by atoms with Crippen LogP contribution in [0.4, 0.5) is 0 Å². The Bertz CT molecular complexity index is 325. The molecule has 0 radical (unpaired) electrons. The molecule has 1 unspecified atom stereocenters. The predicted molar refractivity (Wildman–Crippen MR) is 72.0 cm³/mol. The normalized spacial score (nSPS) is 19.2. The number of nitrogens with zero attached hydrogens (tertiary/aromatic N) is 1. The Morgan fingerprint density at radius 3 is 2.65 bits per heavy atom. The van der Waals surface area contributed by atoms with Crippen molar-refractivity contribution >= 4 is 0 Å². The van der Waals surface area contributed by atoms with Crippen LogP contribution in [0.15, 0.2) is 18.3 Å². The molecule has 0 aliphatic heterocycles. The van der Waals surface area contributed by atoms with Gasteiger partial charge in [-0.3, -0.25) is 4.98 Å². The molecule has 0 amide bonds. The number of pyridine rings is 1. The molecule has 1 heterocycles. The Hall–Kier alpha value is -0.890. The van der Waals surface area contributed by atoms with Gasteiger partial charge in [0.05, 0.1) is 0 Å². The molecule has 94 valence electrons. The Balaban J connectivity index is 1.97. The highest BCUT2D eigenvalue weighted by molar-refractivity contribution is 5.17. The topological polar surface area (TPSA) is 24.9 Å². The predicted octanol–water partition coefficient (Wildman–Crippen LogP) is 3.62. The first kappa shape index (κ1) is 12.6. The van der Waals surface area contributed by atoms with E-state index in [4.69, 9.17) is 0 Å². The summed E-state index contributed by atoms with van der Waals surface area (Å²) in [4.78, 5) is 4.40. The van der Waals surface area contributed by atoms with Crippen LogP contribution in [-0.4, -0.2) is 12.0 Å². The molecule has 0 aromatic carbocycles. The highest BCUT2D eigenvalue weighted by Crippen LogP contribution is 2.31. The average molecular weight is 232 g/mol. The molecule has 1 aromatic heterocycles. The van der Waals surface area contributed by atoms with Crippen LogP contribution in [-0.2, 0) is 0 Å². The van der Waals surface area contributed by atoms with Crippen LogP contribution >= 0.6 is 0 Å². The van der Waals surface area contributed by atoms with Crippen LogP contribution in [0.25, 0.3) is 0 Å². The standard InChI is InChI=1S/C15H24N2/c1-12-8-9-14(11-17-12)15(16-2)10-13-6-4-3-5-7-13/h8-9,11,13,15-16H,3-7,10H2,1-2H3. The van der Waals surface area contributed by atoms with Crippen molar-refractivity contribution < 1.29 is 0 Å². The fourth-order valence-electron chi connectivity index (χ4n) is 2.86. The molecule has 1 aromatic rings. The molecule has 1 aliphatic carbocycles. The fourth-order valence-corrected chi connectivity index (χ4v) is 2.86. The lowest BCUT2D eigenvalue weighted by Crippen LogP contribution is -2.21. The third-order valence-corrected chi connectivity index (χ3v) is 3.98. The zero-order valence-corrected chi connectivity index (χ0v) is 11.1. The minimum atomic E-state index is 0.478. The van der Waals surface area contributed by atoms with Gasteiger partial charge in [-0.25, -0.2) is 0 Å². The minimum Gasteiger partial charge on any atom is -0.313 e. The highest BCUT2D eigenvalue weighted by atomic mass is 14.9. The van der Waals surface area contributed by atoms with Crippen molar-refractivity contribution in [3.05, 3.63) is 29.6 Å². The van der Waals surface area contributed by atoms with E-state index in [0.29, 0.717) is 6.04 Å². The van der Waals surface area contributed by atoms with E-state index >= 15 is 0 Å². The summed E-state index contributed by atoms with van der Waals surface area (Å²) < 4.78 is 0. The summed E-state index contributed by atoms with van der Waals surface area (Å²) in [5.41, 5.74) is 2.44. The quantitative estimate of drug-likeness (QED) is 0.857. The summed E-state index contributed by atoms with van der Waals surface area (Å²) in [6.07, 6.45) is 10.4. The first-order chi connectivity index (χ1) is 8.29. The van der Waals surface area contributed by atoms with Gasteiger partial charge in [-0.05, 0) is 37.9 Å². The molecular formula is C15H24N2. The summed E-state index contributed by atoms with van der Waals surface area (Å²) in [6.45, 7) is 2.04. The van der Waals surface area contributed by atoms with Gasteiger partial charge in [0.2, 0.25) is 0 Å². The lowest BCUT2D eigenvalue weighted by atomic mass is 9.83. The smallest absolute Gasteiger partial charge is 0.0372 e. The minimum absolute atomic E-state index is 0.478. The highest BCUT2D eigenvalue weighted by Gasteiger charge is 2.19. The van der Waals surface area contributed by atoms with Crippen molar-refractivity contribution in [2.75, 3.05) is 7.05 Å². The van der Waals surface area contributed by atoms with Gasteiger partial charge in [0.25, 0.3) is 0 Å². The molecule has 1 atom stereocenters. The molecule has 1 saturated carbocycles. The van der Waals surface area contributed by atoms with E-state index in [2.05, 4.69) is 29.5 Å². The van der Waals surface area contributed by atoms with Gasteiger partial charge in [-0.2, -0.15) is 0 Å². The third kappa shape index (κ3) is 3.53. The van der Waals surface area contributed by atoms with Crippen molar-refractivity contribution in [3.63, 3.8) is 0 Å². The zero-order chi connectivity index (χ0) is 12.1. The number of hydrogen-bond donors (Lipinski definition) is 1. The number of aromatic nitrogens is 1. The second kappa shape index (κ2) is 6.15. The molecule has 1 aliphatic rings. The summed E-state index contributed by atoms with van der Waals surface area (Å²) >= 11 is 0. The van der Waals surface area contributed by atoms with Crippen LogP contribution < -0.4 is 5.32 Å². The largest absolute Gasteiger partial charge is 0.313 e. The van der Waals surface area contributed by atoms with Gasteiger partial charge in [-0.1, -0.05) is 38.2 Å². The maximum atomic E-state index is 4.40. The molecular weight excluding hydrogens is 208 g/mol. The second-order valence-corrected chi connectivity index (χ2v) is 5.31. The first-order valence-corrected chi connectivity index (χ1v) is 6.89. The molecule has 1 fully saturated rings. The summed E-state index contributed by atoms with van der Waals surface area (Å²) in [6, 6.07) is 4.80. The van der Waals surface area contributed by atoms with Gasteiger partial charge >= 0.3 is 0 Å². The molecule has 2 rings (SSSR count). The van der Waals surface area contributed by atoms with Crippen LogP contribution in [0.2, 0.25) is 0 Å². The average Bonchev–Trinajstić information content (AvgIpc) is 2.38. The van der Waals surface area contributed by atoms with E-state index in [1.165, 1.54) is 44.1 Å². The van der Waals surface area contributed by atoms with E-state index in [-0.39, 0.29) is 0 Å². The molecule has 0 saturated heterocycles. The van der Waals surface area contributed by atoms with E-state index in [1.807, 2.05) is 13.1 Å². The van der Waals surface area contributed by atoms with Gasteiger partial charge in [0.15, 0.2) is 0 Å². The number of nitrogens with one attached hydrogen (secondary N) is 1. The Morgan fingerprint density at radius 2 is 2.06 bits per heavy atom. The van der Waals surface area contributed by atoms with Crippen molar-refractivity contribution in [1.82, 2.24) is 10.3 Å². The SMILES string of the molecule is CNC(CC1CCCCC1)c1ccc(C)nc1. The van der Waals surface area contributed by atoms with Crippen molar-refractivity contribution in [2.45, 2.75) is 51.5 Å². The maximum Gasteiger partial charge on any atom is 0.0372 e. The van der Waals surface area contributed by atoms with Crippen LogP contribution in [0, 0.1) is 12.8 Å². The fraction of sp³-hybridized carbons (Fsp3) is 0.667. The Morgan fingerprint density at radius 1 is 1.29 bits per heavy atom. The Kier molecular flexibility index (Phi) is 4.55. The van der Waals surface area contributed by atoms with E-state index in [1.54, 1.807) is 0 Å². The number of aryl methyl sites for hydroxylation is 1. The van der Waals surface area contributed by atoms with Gasteiger partial charge in [0, 0.05) is 17.9 Å². The molecule has 0 bridgehead atoms. The van der Waals surface area contributed by atoms with Crippen LogP contribution in [0.1, 0.15) is 55.8 Å².